The number of hydrogen-bond acceptors (Lipinski definition) is 9. The van der Waals surface area contributed by atoms with E-state index in [9.17, 15) is 24.9 Å². The summed E-state index contributed by atoms with van der Waals surface area (Å²) in [5, 5.41) is 41.5. The van der Waals surface area contributed by atoms with Crippen LogP contribution in [0.1, 0.15) is 42.0 Å². The number of rotatable bonds is 10. The molecule has 0 saturated carbocycles. The van der Waals surface area contributed by atoms with Crippen molar-refractivity contribution in [3.63, 3.8) is 0 Å². The molecule has 0 radical (unpaired) electrons. The number of nitrogens with zero attached hydrogens (tertiary/aromatic N) is 3. The van der Waals surface area contributed by atoms with Crippen LogP contribution in [-0.4, -0.2) is 59.6 Å². The number of phenols is 1. The predicted octanol–water partition coefficient (Wildman–Crippen LogP) is 0.158. The fraction of sp³-hybridized carbons (Fsp3) is 0.350. The second kappa shape index (κ2) is 10.6. The van der Waals surface area contributed by atoms with Gasteiger partial charge in [0.25, 0.3) is 0 Å². The molecule has 1 unspecified atom stereocenters. The number of hydrogen-bond donors (Lipinski definition) is 7. The van der Waals surface area contributed by atoms with Crippen LogP contribution in [0.5, 0.6) is 5.75 Å². The topological polar surface area (TPSA) is 213 Å². The maximum absolute atomic E-state index is 12.5. The van der Waals surface area contributed by atoms with E-state index in [1.54, 1.807) is 18.3 Å². The Morgan fingerprint density at radius 3 is 2.45 bits per heavy atom. The van der Waals surface area contributed by atoms with Crippen molar-refractivity contribution in [2.75, 3.05) is 0 Å². The fourth-order valence-corrected chi connectivity index (χ4v) is 3.04. The molecule has 8 N–H and O–H groups in total. The van der Waals surface area contributed by atoms with E-state index in [0.717, 1.165) is 5.69 Å². The van der Waals surface area contributed by atoms with Gasteiger partial charge in [-0.05, 0) is 24.6 Å². The number of amides is 2. The van der Waals surface area contributed by atoms with Crippen molar-refractivity contribution in [1.82, 2.24) is 30.8 Å². The molecule has 0 spiro atoms. The summed E-state index contributed by atoms with van der Waals surface area (Å²) in [6.45, 7) is 1.41. The summed E-state index contributed by atoms with van der Waals surface area (Å²) >= 11 is 0. The minimum atomic E-state index is -1.26. The molecule has 0 aliphatic heterocycles. The molecular weight excluding hydrogens is 434 g/mol. The first kappa shape index (κ1) is 23.7. The number of carbonyl (C=O) groups excluding carboxylic acids is 1. The standard InChI is InChI=1S/C20H25N7O6/c1-10(28)16(18-27-26-17(33-18)14(21)7-12-8-22-9-23-12)25-20(32)24-15(19(30)31)6-11-2-4-13(29)5-3-11/h2-5,8-10,14-16,28-29H,6-7,21H2,1H3,(H,22,23)(H,30,31)(H2,24,25,32)/t10?,14-,15-,16-/m0/s1. The third-order valence-electron chi connectivity index (χ3n) is 4.78. The largest absolute Gasteiger partial charge is 0.508 e. The lowest BCUT2D eigenvalue weighted by Crippen LogP contribution is -2.49. The number of phenolic OH excluding ortho intramolecular Hbond substituents is 1. The number of aliphatic hydroxyl groups is 1. The highest BCUT2D eigenvalue weighted by Crippen LogP contribution is 2.20. The fourth-order valence-electron chi connectivity index (χ4n) is 3.04. The number of aromatic hydroxyl groups is 1. The maximum Gasteiger partial charge on any atom is 0.326 e. The van der Waals surface area contributed by atoms with Gasteiger partial charge >= 0.3 is 12.0 Å². The number of nitrogens with one attached hydrogen (secondary N) is 3. The van der Waals surface area contributed by atoms with E-state index >= 15 is 0 Å². The Balaban J connectivity index is 1.64. The number of aliphatic hydroxyl groups excluding tert-OH is 1. The van der Waals surface area contributed by atoms with Crippen LogP contribution in [0.3, 0.4) is 0 Å². The molecule has 0 aliphatic rings. The third kappa shape index (κ3) is 6.51. The van der Waals surface area contributed by atoms with E-state index < -0.39 is 36.2 Å². The third-order valence-corrected chi connectivity index (χ3v) is 4.78. The first-order valence-corrected chi connectivity index (χ1v) is 10.0. The van der Waals surface area contributed by atoms with Gasteiger partial charge in [0, 0.05) is 24.7 Å². The van der Waals surface area contributed by atoms with Crippen LogP contribution in [-0.2, 0) is 17.6 Å². The second-order valence-corrected chi connectivity index (χ2v) is 7.46. The van der Waals surface area contributed by atoms with Crippen LogP contribution in [0.4, 0.5) is 4.79 Å². The monoisotopic (exact) mass is 459 g/mol. The van der Waals surface area contributed by atoms with E-state index in [2.05, 4.69) is 30.8 Å². The predicted molar refractivity (Wildman–Crippen MR) is 113 cm³/mol. The summed E-state index contributed by atoms with van der Waals surface area (Å²) < 4.78 is 5.55. The molecule has 2 heterocycles. The molecule has 13 heteroatoms. The molecule has 3 rings (SSSR count). The quantitative estimate of drug-likeness (QED) is 0.218. The van der Waals surface area contributed by atoms with Crippen LogP contribution < -0.4 is 16.4 Å². The Morgan fingerprint density at radius 2 is 1.85 bits per heavy atom. The summed E-state index contributed by atoms with van der Waals surface area (Å²) in [5.74, 6) is -1.19. The highest BCUT2D eigenvalue weighted by atomic mass is 16.4. The van der Waals surface area contributed by atoms with Gasteiger partial charge in [-0.3, -0.25) is 0 Å². The Bertz CT molecular complexity index is 1050. The number of carbonyl (C=O) groups is 2. The van der Waals surface area contributed by atoms with Crippen LogP contribution in [0.2, 0.25) is 0 Å². The van der Waals surface area contributed by atoms with E-state index in [1.165, 1.54) is 25.4 Å². The zero-order chi connectivity index (χ0) is 24.0. The normalized spacial score (nSPS) is 14.8. The highest BCUT2D eigenvalue weighted by molar-refractivity contribution is 5.83. The highest BCUT2D eigenvalue weighted by Gasteiger charge is 2.29. The van der Waals surface area contributed by atoms with E-state index in [-0.39, 0.29) is 24.0 Å². The first-order valence-electron chi connectivity index (χ1n) is 10.0. The number of nitrogens with two attached hydrogens (primary N) is 1. The number of urea groups is 1. The van der Waals surface area contributed by atoms with Crippen molar-refractivity contribution in [1.29, 1.82) is 0 Å². The lowest BCUT2D eigenvalue weighted by Gasteiger charge is -2.21. The number of imidazole rings is 1. The van der Waals surface area contributed by atoms with Gasteiger partial charge in [0.1, 0.15) is 17.8 Å². The number of benzene rings is 1. The van der Waals surface area contributed by atoms with Crippen molar-refractivity contribution < 1.29 is 29.3 Å². The number of aromatic nitrogens is 4. The maximum atomic E-state index is 12.5. The van der Waals surface area contributed by atoms with Gasteiger partial charge in [-0.1, -0.05) is 12.1 Å². The van der Waals surface area contributed by atoms with Crippen molar-refractivity contribution >= 4 is 12.0 Å². The van der Waals surface area contributed by atoms with Gasteiger partial charge in [0.05, 0.1) is 18.5 Å². The number of H-pyrrole nitrogens is 1. The molecule has 2 aromatic heterocycles. The van der Waals surface area contributed by atoms with Crippen molar-refractivity contribution in [3.8, 4) is 5.75 Å². The van der Waals surface area contributed by atoms with E-state index in [0.29, 0.717) is 12.0 Å². The molecular formula is C20H25N7O6. The second-order valence-electron chi connectivity index (χ2n) is 7.46. The number of carboxylic acid groups (broad SMARTS) is 1. The summed E-state index contributed by atoms with van der Waals surface area (Å²) in [6, 6.07) is 2.08. The summed E-state index contributed by atoms with van der Waals surface area (Å²) in [7, 11) is 0. The molecule has 0 saturated heterocycles. The average molecular weight is 459 g/mol. The van der Waals surface area contributed by atoms with Gasteiger partial charge in [-0.25, -0.2) is 14.6 Å². The van der Waals surface area contributed by atoms with Crippen molar-refractivity contribution in [3.05, 3.63) is 59.8 Å². The van der Waals surface area contributed by atoms with Gasteiger partial charge in [0.15, 0.2) is 0 Å². The van der Waals surface area contributed by atoms with Crippen LogP contribution in [0.25, 0.3) is 0 Å². The summed E-state index contributed by atoms with van der Waals surface area (Å²) in [5.41, 5.74) is 7.43. The molecule has 0 fully saturated rings. The minimum absolute atomic E-state index is 0.0183. The Labute approximate surface area is 188 Å². The molecule has 2 amide bonds. The van der Waals surface area contributed by atoms with E-state index in [4.69, 9.17) is 10.2 Å². The molecule has 1 aromatic carbocycles. The number of aliphatic carboxylic acids is 1. The minimum Gasteiger partial charge on any atom is -0.508 e. The van der Waals surface area contributed by atoms with E-state index in [1.807, 2.05) is 0 Å². The Hall–Kier alpha value is -3.97. The van der Waals surface area contributed by atoms with Gasteiger partial charge in [-0.15, -0.1) is 10.2 Å². The van der Waals surface area contributed by atoms with Gasteiger partial charge in [0.2, 0.25) is 11.8 Å². The van der Waals surface area contributed by atoms with Crippen molar-refractivity contribution in [2.45, 2.75) is 44.0 Å². The molecule has 4 atom stereocenters. The average Bonchev–Trinajstić information content (AvgIpc) is 3.45. The summed E-state index contributed by atoms with van der Waals surface area (Å²) in [6.07, 6.45) is 2.33. The number of carboxylic acids is 1. The first-order chi connectivity index (χ1) is 15.7. The zero-order valence-corrected chi connectivity index (χ0v) is 17.7. The Kier molecular flexibility index (Phi) is 7.58. The molecule has 176 valence electrons. The lowest BCUT2D eigenvalue weighted by molar-refractivity contribution is -0.139. The molecule has 0 aliphatic carbocycles. The van der Waals surface area contributed by atoms with Gasteiger partial charge in [-0.2, -0.15) is 0 Å². The smallest absolute Gasteiger partial charge is 0.326 e. The molecule has 3 aromatic rings. The molecule has 0 bridgehead atoms. The number of aromatic amines is 1. The Morgan fingerprint density at radius 1 is 1.15 bits per heavy atom. The zero-order valence-electron chi connectivity index (χ0n) is 17.7. The SMILES string of the molecule is CC(O)[C@H](NC(=O)N[C@@H](Cc1ccc(O)cc1)C(=O)O)c1nnc([C@@H](N)Cc2cnc[nH]2)o1. The van der Waals surface area contributed by atoms with Gasteiger partial charge < -0.3 is 41.1 Å². The lowest BCUT2D eigenvalue weighted by atomic mass is 10.1. The summed E-state index contributed by atoms with van der Waals surface area (Å²) in [4.78, 5) is 30.9. The van der Waals surface area contributed by atoms with Crippen LogP contribution >= 0.6 is 0 Å². The molecule has 33 heavy (non-hydrogen) atoms. The van der Waals surface area contributed by atoms with Crippen molar-refractivity contribution in [2.24, 2.45) is 5.73 Å². The van der Waals surface area contributed by atoms with Crippen LogP contribution in [0.15, 0.2) is 41.2 Å². The molecule has 13 nitrogen and oxygen atoms in total. The van der Waals surface area contributed by atoms with Crippen LogP contribution in [0, 0.1) is 0 Å².